The van der Waals surface area contributed by atoms with Crippen molar-refractivity contribution in [3.8, 4) is 34.0 Å². The fourth-order valence-corrected chi connectivity index (χ4v) is 3.45. The van der Waals surface area contributed by atoms with Gasteiger partial charge in [-0.15, -0.1) is 0 Å². The summed E-state index contributed by atoms with van der Waals surface area (Å²) in [5.74, 6) is 0.384. The second-order valence-corrected chi connectivity index (χ2v) is 6.64. The van der Waals surface area contributed by atoms with Crippen molar-refractivity contribution in [1.82, 2.24) is 9.97 Å². The summed E-state index contributed by atoms with van der Waals surface area (Å²) in [4.78, 5) is 9.61. The summed E-state index contributed by atoms with van der Waals surface area (Å²) in [6, 6.07) is 26.1. The van der Waals surface area contributed by atoms with Gasteiger partial charge in [-0.25, -0.2) is 9.97 Å². The van der Waals surface area contributed by atoms with Gasteiger partial charge in [-0.05, 0) is 36.4 Å². The molecule has 0 aliphatic rings. The normalized spacial score (nSPS) is 10.1. The van der Waals surface area contributed by atoms with E-state index in [0.29, 0.717) is 22.5 Å². The third kappa shape index (κ3) is 4.24. The Balaban J connectivity index is 0.00000114. The SMILES string of the molecule is Oc1ccccc1-c1ccc2ccc3ccc(-c4ccccc4O)nc3c2n1.[CH3-].[CH3-].[Mn]. The van der Waals surface area contributed by atoms with Crippen molar-refractivity contribution in [2.75, 3.05) is 0 Å². The van der Waals surface area contributed by atoms with E-state index >= 15 is 0 Å². The number of phenolic OH excluding ortho intramolecular Hbond substituents is 2. The molecule has 5 aromatic rings. The minimum atomic E-state index is 0. The number of hydrogen-bond donors (Lipinski definition) is 2. The molecule has 2 heterocycles. The van der Waals surface area contributed by atoms with E-state index in [0.717, 1.165) is 21.8 Å². The zero-order valence-electron chi connectivity index (χ0n) is 17.2. The molecule has 3 aromatic carbocycles. The third-order valence-electron chi connectivity index (χ3n) is 4.88. The molecule has 0 bridgehead atoms. The van der Waals surface area contributed by atoms with Crippen LogP contribution in [0.1, 0.15) is 0 Å². The van der Waals surface area contributed by atoms with Gasteiger partial charge in [0, 0.05) is 39.0 Å². The van der Waals surface area contributed by atoms with Crippen molar-refractivity contribution < 1.29 is 27.3 Å². The van der Waals surface area contributed by atoms with E-state index in [4.69, 9.17) is 9.97 Å². The molecule has 0 unspecified atom stereocenters. The molecule has 157 valence electrons. The van der Waals surface area contributed by atoms with E-state index in [1.807, 2.05) is 60.7 Å². The van der Waals surface area contributed by atoms with Crippen molar-refractivity contribution in [2.24, 2.45) is 0 Å². The Labute approximate surface area is 192 Å². The number of aromatic hydroxyl groups is 2. The first-order chi connectivity index (χ1) is 13.7. The second kappa shape index (κ2) is 9.61. The maximum absolute atomic E-state index is 10.2. The van der Waals surface area contributed by atoms with Gasteiger partial charge in [0.25, 0.3) is 0 Å². The first-order valence-electron chi connectivity index (χ1n) is 8.98. The van der Waals surface area contributed by atoms with Gasteiger partial charge in [0.15, 0.2) is 0 Å². The number of benzene rings is 3. The molecule has 0 saturated heterocycles. The predicted octanol–water partition coefficient (Wildman–Crippen LogP) is 6.43. The van der Waals surface area contributed by atoms with Crippen LogP contribution in [0.3, 0.4) is 0 Å². The van der Waals surface area contributed by atoms with Crippen molar-refractivity contribution in [1.29, 1.82) is 0 Å². The summed E-state index contributed by atoms with van der Waals surface area (Å²) in [7, 11) is 0. The van der Waals surface area contributed by atoms with Gasteiger partial charge in [-0.1, -0.05) is 48.5 Å². The first-order valence-corrected chi connectivity index (χ1v) is 8.98. The summed E-state index contributed by atoms with van der Waals surface area (Å²) < 4.78 is 0. The van der Waals surface area contributed by atoms with Gasteiger partial charge in [0.1, 0.15) is 11.5 Å². The number of fused-ring (bicyclic) bond motifs is 3. The van der Waals surface area contributed by atoms with Crippen LogP contribution in [-0.4, -0.2) is 20.2 Å². The fraction of sp³-hybridized carbons (Fsp3) is 0. The molecule has 2 aromatic heterocycles. The van der Waals surface area contributed by atoms with E-state index in [9.17, 15) is 10.2 Å². The molecule has 2 N–H and O–H groups in total. The van der Waals surface area contributed by atoms with Crippen LogP contribution in [0, 0.1) is 14.9 Å². The number of para-hydroxylation sites is 2. The molecule has 4 nitrogen and oxygen atoms in total. The Hall–Kier alpha value is -3.40. The number of phenols is 2. The number of aromatic nitrogens is 2. The summed E-state index contributed by atoms with van der Waals surface area (Å²) in [6.45, 7) is 0. The largest absolute Gasteiger partial charge is 0.507 e. The number of nitrogens with zero attached hydrogens (tertiary/aromatic N) is 2. The summed E-state index contributed by atoms with van der Waals surface area (Å²) >= 11 is 0. The van der Waals surface area contributed by atoms with Crippen LogP contribution in [0.25, 0.3) is 44.3 Å². The maximum Gasteiger partial charge on any atom is 0.124 e. The second-order valence-electron chi connectivity index (χ2n) is 6.64. The van der Waals surface area contributed by atoms with Crippen molar-refractivity contribution in [3.05, 3.63) is 99.8 Å². The molecule has 31 heavy (non-hydrogen) atoms. The van der Waals surface area contributed by atoms with Crippen LogP contribution in [0.2, 0.25) is 0 Å². The van der Waals surface area contributed by atoms with Crippen molar-refractivity contribution >= 4 is 21.8 Å². The smallest absolute Gasteiger partial charge is 0.124 e. The van der Waals surface area contributed by atoms with Gasteiger partial charge >= 0.3 is 0 Å². The Kier molecular flexibility index (Phi) is 7.40. The quantitative estimate of drug-likeness (QED) is 0.185. The minimum absolute atomic E-state index is 0. The molecule has 0 saturated carbocycles. The van der Waals surface area contributed by atoms with Crippen molar-refractivity contribution in [2.45, 2.75) is 0 Å². The molecule has 1 radical (unpaired) electrons. The monoisotopic (exact) mass is 449 g/mol. The Morgan fingerprint density at radius 2 is 0.839 bits per heavy atom. The van der Waals surface area contributed by atoms with Gasteiger partial charge in [-0.3, -0.25) is 0 Å². The fourth-order valence-electron chi connectivity index (χ4n) is 3.45. The molecule has 0 spiro atoms. The molecule has 5 heteroatoms. The van der Waals surface area contributed by atoms with Crippen LogP contribution >= 0.6 is 0 Å². The Morgan fingerprint density at radius 1 is 0.484 bits per heavy atom. The van der Waals surface area contributed by atoms with Gasteiger partial charge in [0.05, 0.1) is 22.4 Å². The zero-order valence-corrected chi connectivity index (χ0v) is 18.4. The summed E-state index contributed by atoms with van der Waals surface area (Å²) in [6.07, 6.45) is 0. The predicted molar refractivity (Wildman–Crippen MR) is 124 cm³/mol. The van der Waals surface area contributed by atoms with Gasteiger partial charge in [0.2, 0.25) is 0 Å². The molecular weight excluding hydrogens is 427 g/mol. The minimum Gasteiger partial charge on any atom is -0.507 e. The van der Waals surface area contributed by atoms with E-state index < -0.39 is 0 Å². The molecule has 0 amide bonds. The first kappa shape index (κ1) is 23.9. The van der Waals surface area contributed by atoms with Crippen molar-refractivity contribution in [3.63, 3.8) is 0 Å². The van der Waals surface area contributed by atoms with Gasteiger partial charge in [-0.2, -0.15) is 0 Å². The standard InChI is InChI=1S/C24H16N2O2.2CH3.Mn/c27-21-7-3-1-5-17(21)19-13-11-15-9-10-16-12-14-20(26-24(16)23(15)25-19)18-6-2-4-8-22(18)28;;;/h1-14,27-28H;2*1H3;/q;2*-1;. The molecule has 0 atom stereocenters. The number of pyridine rings is 2. The van der Waals surface area contributed by atoms with Gasteiger partial charge < -0.3 is 25.1 Å². The van der Waals surface area contributed by atoms with Crippen LogP contribution in [0.15, 0.2) is 84.9 Å². The average molecular weight is 449 g/mol. The number of rotatable bonds is 2. The van der Waals surface area contributed by atoms with E-state index in [2.05, 4.69) is 0 Å². The third-order valence-corrected chi connectivity index (χ3v) is 4.88. The average Bonchev–Trinajstić information content (AvgIpc) is 2.74. The summed E-state index contributed by atoms with van der Waals surface area (Å²) in [5, 5.41) is 22.3. The topological polar surface area (TPSA) is 66.2 Å². The van der Waals surface area contributed by atoms with E-state index in [-0.39, 0.29) is 43.4 Å². The molecule has 0 aliphatic heterocycles. The van der Waals surface area contributed by atoms with Crippen LogP contribution < -0.4 is 0 Å². The van der Waals surface area contributed by atoms with Crippen LogP contribution in [-0.2, 0) is 17.1 Å². The van der Waals surface area contributed by atoms with E-state index in [1.165, 1.54) is 0 Å². The van der Waals surface area contributed by atoms with Crippen LogP contribution in [0.4, 0.5) is 0 Å². The Bertz CT molecular complexity index is 1250. The number of hydrogen-bond acceptors (Lipinski definition) is 4. The Morgan fingerprint density at radius 3 is 1.23 bits per heavy atom. The molecule has 5 rings (SSSR count). The molecule has 0 fully saturated rings. The molecular formula is C26H22MnN2O2-2. The van der Waals surface area contributed by atoms with E-state index in [1.54, 1.807) is 24.3 Å². The molecule has 0 aliphatic carbocycles. The zero-order chi connectivity index (χ0) is 19.1. The maximum atomic E-state index is 10.2. The van der Waals surface area contributed by atoms with Crippen LogP contribution in [0.5, 0.6) is 11.5 Å². The summed E-state index contributed by atoms with van der Waals surface area (Å²) in [5.41, 5.74) is 4.25.